The Morgan fingerprint density at radius 2 is 1.84 bits per heavy atom. The van der Waals surface area contributed by atoms with Crippen LogP contribution in [-0.2, 0) is 9.59 Å². The van der Waals surface area contributed by atoms with E-state index in [1.165, 1.54) is 6.08 Å². The first-order valence-corrected chi connectivity index (χ1v) is 10.3. The Hall–Kier alpha value is -3.32. The molecule has 0 aromatic heterocycles. The van der Waals surface area contributed by atoms with E-state index >= 15 is 0 Å². The van der Waals surface area contributed by atoms with E-state index in [0.717, 1.165) is 11.3 Å². The molecule has 1 fully saturated rings. The number of ether oxygens (including phenoxy) is 2. The minimum Gasteiger partial charge on any atom is -0.492 e. The van der Waals surface area contributed by atoms with Gasteiger partial charge in [0.15, 0.2) is 0 Å². The third-order valence-electron chi connectivity index (χ3n) is 4.68. The summed E-state index contributed by atoms with van der Waals surface area (Å²) in [6.45, 7) is 6.08. The molecule has 0 saturated carbocycles. The highest BCUT2D eigenvalue weighted by Gasteiger charge is 2.38. The fourth-order valence-electron chi connectivity index (χ4n) is 2.96. The normalized spacial score (nSPS) is 16.3. The summed E-state index contributed by atoms with van der Waals surface area (Å²) in [6, 6.07) is 10.8. The molecule has 2 aromatic rings. The number of amides is 4. The highest BCUT2D eigenvalue weighted by atomic mass is 35.5. The first-order chi connectivity index (χ1) is 14.8. The number of nitrogens with zero attached hydrogens (tertiary/aromatic N) is 1. The predicted octanol–water partition coefficient (Wildman–Crippen LogP) is 4.58. The van der Waals surface area contributed by atoms with E-state index in [2.05, 4.69) is 5.32 Å². The number of barbiturate groups is 1. The van der Waals surface area contributed by atoms with Crippen LogP contribution in [0, 0.1) is 0 Å². The van der Waals surface area contributed by atoms with Crippen molar-refractivity contribution in [3.05, 3.63) is 58.6 Å². The molecule has 1 heterocycles. The highest BCUT2D eigenvalue weighted by Crippen LogP contribution is 2.32. The summed E-state index contributed by atoms with van der Waals surface area (Å²) in [4.78, 5) is 38.9. The number of carbonyl (C=O) groups excluding carboxylic acids is 3. The second-order valence-corrected chi connectivity index (χ2v) is 7.29. The quantitative estimate of drug-likeness (QED) is 0.501. The molecule has 31 heavy (non-hydrogen) atoms. The zero-order valence-electron chi connectivity index (χ0n) is 17.5. The first kappa shape index (κ1) is 22.4. The summed E-state index contributed by atoms with van der Waals surface area (Å²) in [5.41, 5.74) is 0.575. The Bertz CT molecular complexity index is 1050. The van der Waals surface area contributed by atoms with E-state index in [1.54, 1.807) is 49.4 Å². The molecule has 8 heteroatoms. The smallest absolute Gasteiger partial charge is 0.336 e. The Morgan fingerprint density at radius 3 is 2.52 bits per heavy atom. The molecule has 0 unspecified atom stereocenters. The summed E-state index contributed by atoms with van der Waals surface area (Å²) in [7, 11) is 0. The van der Waals surface area contributed by atoms with Crippen LogP contribution in [-0.4, -0.2) is 30.6 Å². The van der Waals surface area contributed by atoms with E-state index in [1.807, 2.05) is 13.8 Å². The molecule has 4 amide bonds. The molecule has 0 spiro atoms. The standard InChI is InChI=1S/C23H23ClN2O5/c1-4-14(3)31-19-11-10-15(13-17(19)24)12-16-21(27)25-23(29)26(22(16)28)18-8-6-7-9-20(18)30-5-2/h6-14H,4-5H2,1-3H3,(H,25,27,29)/b16-12+/t14-/m0/s1. The van der Waals surface area contributed by atoms with Crippen LogP contribution in [0.2, 0.25) is 5.02 Å². The van der Waals surface area contributed by atoms with Crippen LogP contribution < -0.4 is 19.7 Å². The van der Waals surface area contributed by atoms with Gasteiger partial charge in [-0.15, -0.1) is 0 Å². The molecule has 1 saturated heterocycles. The number of anilines is 1. The van der Waals surface area contributed by atoms with Crippen molar-refractivity contribution in [3.8, 4) is 11.5 Å². The van der Waals surface area contributed by atoms with Gasteiger partial charge in [0.2, 0.25) is 0 Å². The maximum Gasteiger partial charge on any atom is 0.336 e. The van der Waals surface area contributed by atoms with Gasteiger partial charge in [0, 0.05) is 0 Å². The zero-order valence-corrected chi connectivity index (χ0v) is 18.2. The molecule has 7 nitrogen and oxygen atoms in total. The summed E-state index contributed by atoms with van der Waals surface area (Å²) in [5, 5.41) is 2.56. The van der Waals surface area contributed by atoms with E-state index in [9.17, 15) is 14.4 Å². The van der Waals surface area contributed by atoms with Crippen molar-refractivity contribution in [3.63, 3.8) is 0 Å². The van der Waals surface area contributed by atoms with Crippen LogP contribution in [0.4, 0.5) is 10.5 Å². The number of imide groups is 2. The number of hydrogen-bond acceptors (Lipinski definition) is 5. The molecular weight excluding hydrogens is 420 g/mol. The average molecular weight is 443 g/mol. The van der Waals surface area contributed by atoms with Crippen LogP contribution in [0.25, 0.3) is 6.08 Å². The average Bonchev–Trinajstić information content (AvgIpc) is 2.74. The monoisotopic (exact) mass is 442 g/mol. The SMILES string of the molecule is CCOc1ccccc1N1C(=O)NC(=O)/C(=C\c2ccc(O[C@@H](C)CC)c(Cl)c2)C1=O. The summed E-state index contributed by atoms with van der Waals surface area (Å²) in [6.07, 6.45) is 2.21. The van der Waals surface area contributed by atoms with Crippen molar-refractivity contribution in [2.24, 2.45) is 0 Å². The van der Waals surface area contributed by atoms with Crippen molar-refractivity contribution >= 4 is 41.2 Å². The van der Waals surface area contributed by atoms with E-state index in [0.29, 0.717) is 28.7 Å². The fourth-order valence-corrected chi connectivity index (χ4v) is 3.20. The lowest BCUT2D eigenvalue weighted by Gasteiger charge is -2.27. The molecule has 0 bridgehead atoms. The van der Waals surface area contributed by atoms with E-state index < -0.39 is 17.8 Å². The number of benzene rings is 2. The molecule has 1 aliphatic heterocycles. The second-order valence-electron chi connectivity index (χ2n) is 6.89. The van der Waals surface area contributed by atoms with Crippen LogP contribution in [0.15, 0.2) is 48.0 Å². The lowest BCUT2D eigenvalue weighted by atomic mass is 10.1. The van der Waals surface area contributed by atoms with Gasteiger partial charge in [-0.05, 0) is 56.2 Å². The van der Waals surface area contributed by atoms with Gasteiger partial charge in [-0.25, -0.2) is 9.69 Å². The molecule has 162 valence electrons. The predicted molar refractivity (Wildman–Crippen MR) is 118 cm³/mol. The Kier molecular flexibility index (Phi) is 6.97. The van der Waals surface area contributed by atoms with Gasteiger partial charge in [0.05, 0.1) is 23.4 Å². The molecule has 0 radical (unpaired) electrons. The Labute approximate surface area is 185 Å². The van der Waals surface area contributed by atoms with Gasteiger partial charge in [-0.2, -0.15) is 0 Å². The van der Waals surface area contributed by atoms with Crippen molar-refractivity contribution in [1.82, 2.24) is 5.32 Å². The largest absolute Gasteiger partial charge is 0.492 e. The number of nitrogens with one attached hydrogen (secondary N) is 1. The van der Waals surface area contributed by atoms with Gasteiger partial charge in [0.1, 0.15) is 17.1 Å². The topological polar surface area (TPSA) is 84.9 Å². The number of hydrogen-bond donors (Lipinski definition) is 1. The third kappa shape index (κ3) is 4.88. The maximum atomic E-state index is 13.1. The third-order valence-corrected chi connectivity index (χ3v) is 4.97. The van der Waals surface area contributed by atoms with Gasteiger partial charge in [0.25, 0.3) is 11.8 Å². The summed E-state index contributed by atoms with van der Waals surface area (Å²) in [5.74, 6) is -0.662. The summed E-state index contributed by atoms with van der Waals surface area (Å²) >= 11 is 6.30. The van der Waals surface area contributed by atoms with Gasteiger partial charge < -0.3 is 9.47 Å². The maximum absolute atomic E-state index is 13.1. The Morgan fingerprint density at radius 1 is 1.10 bits per heavy atom. The molecule has 1 N–H and O–H groups in total. The van der Waals surface area contributed by atoms with E-state index in [-0.39, 0.29) is 17.4 Å². The fraction of sp³-hybridized carbons (Fsp3) is 0.261. The molecule has 1 atom stereocenters. The molecular formula is C23H23ClN2O5. The minimum absolute atomic E-state index is 0.00242. The number of rotatable bonds is 7. The van der Waals surface area contributed by atoms with Crippen molar-refractivity contribution in [1.29, 1.82) is 0 Å². The van der Waals surface area contributed by atoms with Crippen LogP contribution >= 0.6 is 11.6 Å². The number of halogens is 1. The van der Waals surface area contributed by atoms with Crippen molar-refractivity contribution in [2.45, 2.75) is 33.3 Å². The molecule has 2 aromatic carbocycles. The number of carbonyl (C=O) groups is 3. The van der Waals surface area contributed by atoms with Crippen molar-refractivity contribution < 1.29 is 23.9 Å². The van der Waals surface area contributed by atoms with Gasteiger partial charge in [-0.3, -0.25) is 14.9 Å². The lowest BCUT2D eigenvalue weighted by molar-refractivity contribution is -0.122. The van der Waals surface area contributed by atoms with Gasteiger partial charge in [-0.1, -0.05) is 36.7 Å². The highest BCUT2D eigenvalue weighted by molar-refractivity contribution is 6.39. The summed E-state index contributed by atoms with van der Waals surface area (Å²) < 4.78 is 11.3. The van der Waals surface area contributed by atoms with Gasteiger partial charge >= 0.3 is 6.03 Å². The second kappa shape index (κ2) is 9.66. The van der Waals surface area contributed by atoms with Crippen LogP contribution in [0.1, 0.15) is 32.8 Å². The molecule has 1 aliphatic rings. The number of urea groups is 1. The Balaban J connectivity index is 1.95. The lowest BCUT2D eigenvalue weighted by Crippen LogP contribution is -2.54. The van der Waals surface area contributed by atoms with Crippen molar-refractivity contribution in [2.75, 3.05) is 11.5 Å². The molecule has 0 aliphatic carbocycles. The van der Waals surface area contributed by atoms with E-state index in [4.69, 9.17) is 21.1 Å². The van der Waals surface area contributed by atoms with Crippen LogP contribution in [0.5, 0.6) is 11.5 Å². The first-order valence-electron chi connectivity index (χ1n) is 9.95. The zero-order chi connectivity index (χ0) is 22.5. The van der Waals surface area contributed by atoms with Crippen LogP contribution in [0.3, 0.4) is 0 Å². The number of para-hydroxylation sites is 2. The molecule has 3 rings (SSSR count). The minimum atomic E-state index is -0.838.